The summed E-state index contributed by atoms with van der Waals surface area (Å²) in [5.41, 5.74) is 2.99. The Morgan fingerprint density at radius 1 is 1.29 bits per heavy atom. The van der Waals surface area contributed by atoms with Crippen LogP contribution in [0.15, 0.2) is 40.9 Å². The standard InChI is InChI=1S/C22H27N5O3S/c1-14-10-21(31-26-14)24-22(28)23-20-8-9-27(12-17-11-15(2)30-25-17)13-19(20)16-4-6-18(29-3)7-5-16/h4-7,10-11,19-20H,8-9,12-13H2,1-3H3,(H2,23,24,28). The molecule has 1 aliphatic heterocycles. The fraction of sp³-hybridized carbons (Fsp3) is 0.409. The van der Waals surface area contributed by atoms with Gasteiger partial charge in [0.2, 0.25) is 0 Å². The summed E-state index contributed by atoms with van der Waals surface area (Å²) < 4.78 is 14.7. The molecule has 0 saturated carbocycles. The summed E-state index contributed by atoms with van der Waals surface area (Å²) >= 11 is 1.28. The number of methoxy groups -OCH3 is 1. The number of likely N-dealkylation sites (tertiary alicyclic amines) is 1. The van der Waals surface area contributed by atoms with Crippen molar-refractivity contribution in [2.45, 2.75) is 38.8 Å². The minimum absolute atomic E-state index is 0.0118. The van der Waals surface area contributed by atoms with Crippen LogP contribution < -0.4 is 15.4 Å². The summed E-state index contributed by atoms with van der Waals surface area (Å²) in [5.74, 6) is 1.77. The van der Waals surface area contributed by atoms with Crippen molar-refractivity contribution in [2.24, 2.45) is 0 Å². The summed E-state index contributed by atoms with van der Waals surface area (Å²) in [5, 5.41) is 11.0. The predicted octanol–water partition coefficient (Wildman–Crippen LogP) is 3.94. The van der Waals surface area contributed by atoms with E-state index >= 15 is 0 Å². The van der Waals surface area contributed by atoms with Crippen LogP contribution in [0.3, 0.4) is 0 Å². The zero-order valence-corrected chi connectivity index (χ0v) is 18.7. The van der Waals surface area contributed by atoms with E-state index in [0.29, 0.717) is 0 Å². The maximum atomic E-state index is 12.6. The minimum atomic E-state index is -0.201. The Labute approximate surface area is 185 Å². The van der Waals surface area contributed by atoms with E-state index in [1.807, 2.05) is 38.1 Å². The number of carbonyl (C=O) groups is 1. The molecule has 3 heterocycles. The number of rotatable bonds is 6. The summed E-state index contributed by atoms with van der Waals surface area (Å²) in [6.07, 6.45) is 0.836. The molecule has 2 atom stereocenters. The number of urea groups is 1. The van der Waals surface area contributed by atoms with Crippen LogP contribution in [-0.2, 0) is 6.54 Å². The Balaban J connectivity index is 1.47. The number of aryl methyl sites for hydroxylation is 2. The smallest absolute Gasteiger partial charge is 0.320 e. The number of piperidine rings is 1. The number of nitrogens with zero attached hydrogens (tertiary/aromatic N) is 3. The number of benzene rings is 1. The molecular formula is C22H27N5O3S. The average molecular weight is 442 g/mol. The topological polar surface area (TPSA) is 92.5 Å². The van der Waals surface area contributed by atoms with Crippen molar-refractivity contribution in [2.75, 3.05) is 25.5 Å². The van der Waals surface area contributed by atoms with Crippen LogP contribution in [0, 0.1) is 13.8 Å². The second-order valence-corrected chi connectivity index (χ2v) is 8.67. The van der Waals surface area contributed by atoms with Crippen LogP contribution >= 0.6 is 11.5 Å². The number of hydrogen-bond donors (Lipinski definition) is 2. The maximum absolute atomic E-state index is 12.6. The van der Waals surface area contributed by atoms with Gasteiger partial charge in [-0.1, -0.05) is 17.3 Å². The molecule has 3 aromatic rings. The van der Waals surface area contributed by atoms with Gasteiger partial charge in [-0.15, -0.1) is 0 Å². The van der Waals surface area contributed by atoms with Gasteiger partial charge in [-0.2, -0.15) is 4.37 Å². The molecule has 9 heteroatoms. The lowest BCUT2D eigenvalue weighted by atomic mass is 9.86. The van der Waals surface area contributed by atoms with Gasteiger partial charge in [0.15, 0.2) is 0 Å². The molecule has 0 spiro atoms. The Hall–Kier alpha value is -2.91. The Morgan fingerprint density at radius 2 is 2.10 bits per heavy atom. The first kappa shape index (κ1) is 21.3. The third kappa shape index (κ3) is 5.42. The van der Waals surface area contributed by atoms with Gasteiger partial charge in [0.05, 0.1) is 18.5 Å². The maximum Gasteiger partial charge on any atom is 0.320 e. The molecule has 4 rings (SSSR count). The highest BCUT2D eigenvalue weighted by molar-refractivity contribution is 7.10. The van der Waals surface area contributed by atoms with E-state index in [1.165, 1.54) is 17.1 Å². The molecule has 1 aromatic carbocycles. The minimum Gasteiger partial charge on any atom is -0.497 e. The lowest BCUT2D eigenvalue weighted by molar-refractivity contribution is 0.165. The summed E-state index contributed by atoms with van der Waals surface area (Å²) in [4.78, 5) is 15.0. The second-order valence-electron chi connectivity index (χ2n) is 7.87. The van der Waals surface area contributed by atoms with E-state index in [0.717, 1.165) is 54.0 Å². The number of aromatic nitrogens is 2. The quantitative estimate of drug-likeness (QED) is 0.602. The molecule has 2 aromatic heterocycles. The third-order valence-corrected chi connectivity index (χ3v) is 6.28. The van der Waals surface area contributed by atoms with E-state index in [2.05, 4.69) is 37.2 Å². The first-order valence-electron chi connectivity index (χ1n) is 10.3. The zero-order chi connectivity index (χ0) is 21.8. The highest BCUT2D eigenvalue weighted by Crippen LogP contribution is 2.30. The Morgan fingerprint density at radius 3 is 2.74 bits per heavy atom. The van der Waals surface area contributed by atoms with Gasteiger partial charge in [-0.3, -0.25) is 10.2 Å². The summed E-state index contributed by atoms with van der Waals surface area (Å²) in [6.45, 7) is 6.20. The number of carbonyl (C=O) groups excluding carboxylic acids is 1. The number of ether oxygens (including phenoxy) is 1. The van der Waals surface area contributed by atoms with Crippen LogP contribution in [0.25, 0.3) is 0 Å². The molecule has 1 saturated heterocycles. The van der Waals surface area contributed by atoms with Crippen LogP contribution in [-0.4, -0.2) is 46.7 Å². The van der Waals surface area contributed by atoms with Gasteiger partial charge in [-0.05, 0) is 55.6 Å². The molecule has 31 heavy (non-hydrogen) atoms. The molecule has 2 N–H and O–H groups in total. The van der Waals surface area contributed by atoms with E-state index in [1.54, 1.807) is 7.11 Å². The number of hydrogen-bond acceptors (Lipinski definition) is 7. The fourth-order valence-electron chi connectivity index (χ4n) is 3.99. The van der Waals surface area contributed by atoms with Gasteiger partial charge >= 0.3 is 6.03 Å². The van der Waals surface area contributed by atoms with Crippen LogP contribution in [0.5, 0.6) is 5.75 Å². The lowest BCUT2D eigenvalue weighted by Gasteiger charge is -2.39. The molecular weight excluding hydrogens is 414 g/mol. The molecule has 0 aliphatic carbocycles. The highest BCUT2D eigenvalue weighted by atomic mass is 32.1. The van der Waals surface area contributed by atoms with Gasteiger partial charge in [0.1, 0.15) is 16.5 Å². The highest BCUT2D eigenvalue weighted by Gasteiger charge is 2.32. The number of anilines is 1. The largest absolute Gasteiger partial charge is 0.497 e. The van der Waals surface area contributed by atoms with Gasteiger partial charge in [0, 0.05) is 37.7 Å². The molecule has 164 valence electrons. The summed E-state index contributed by atoms with van der Waals surface area (Å²) in [6, 6.07) is 11.7. The zero-order valence-electron chi connectivity index (χ0n) is 17.9. The molecule has 2 unspecified atom stereocenters. The van der Waals surface area contributed by atoms with Crippen LogP contribution in [0.4, 0.5) is 9.80 Å². The van der Waals surface area contributed by atoms with Gasteiger partial charge in [-0.25, -0.2) is 4.79 Å². The van der Waals surface area contributed by atoms with Crippen molar-refractivity contribution >= 4 is 22.6 Å². The van der Waals surface area contributed by atoms with Crippen molar-refractivity contribution in [3.8, 4) is 5.75 Å². The molecule has 0 bridgehead atoms. The van der Waals surface area contributed by atoms with E-state index < -0.39 is 0 Å². The molecule has 1 aliphatic rings. The third-order valence-electron chi connectivity index (χ3n) is 5.48. The second kappa shape index (κ2) is 9.49. The van der Waals surface area contributed by atoms with Crippen LogP contribution in [0.2, 0.25) is 0 Å². The van der Waals surface area contributed by atoms with Crippen molar-refractivity contribution in [1.82, 2.24) is 19.7 Å². The normalized spacial score (nSPS) is 19.2. The Bertz CT molecular complexity index is 1020. The van der Waals surface area contributed by atoms with Crippen molar-refractivity contribution in [3.63, 3.8) is 0 Å². The molecule has 0 radical (unpaired) electrons. The number of amides is 2. The van der Waals surface area contributed by atoms with Crippen molar-refractivity contribution in [3.05, 3.63) is 59.1 Å². The lowest BCUT2D eigenvalue weighted by Crippen LogP contribution is -2.50. The van der Waals surface area contributed by atoms with Gasteiger partial charge < -0.3 is 14.6 Å². The number of nitrogens with one attached hydrogen (secondary N) is 2. The fourth-order valence-corrected chi connectivity index (χ4v) is 4.64. The average Bonchev–Trinajstić information content (AvgIpc) is 3.36. The first-order chi connectivity index (χ1) is 15.0. The van der Waals surface area contributed by atoms with Crippen LogP contribution in [0.1, 0.15) is 35.1 Å². The molecule has 2 amide bonds. The molecule has 8 nitrogen and oxygen atoms in total. The summed E-state index contributed by atoms with van der Waals surface area (Å²) in [7, 11) is 1.66. The SMILES string of the molecule is COc1ccc(C2CN(Cc3cc(C)on3)CCC2NC(=O)Nc2cc(C)ns2)cc1. The first-order valence-corrected chi connectivity index (χ1v) is 11.1. The van der Waals surface area contributed by atoms with E-state index in [4.69, 9.17) is 9.26 Å². The van der Waals surface area contributed by atoms with E-state index in [9.17, 15) is 4.79 Å². The van der Waals surface area contributed by atoms with Crippen molar-refractivity contribution in [1.29, 1.82) is 0 Å². The monoisotopic (exact) mass is 441 g/mol. The molecule has 1 fully saturated rings. The Kier molecular flexibility index (Phi) is 6.53. The van der Waals surface area contributed by atoms with Crippen molar-refractivity contribution < 1.29 is 14.1 Å². The van der Waals surface area contributed by atoms with Gasteiger partial charge in [0.25, 0.3) is 0 Å². The van der Waals surface area contributed by atoms with E-state index in [-0.39, 0.29) is 18.0 Å². The predicted molar refractivity (Wildman–Crippen MR) is 120 cm³/mol.